The van der Waals surface area contributed by atoms with E-state index in [4.69, 9.17) is 4.74 Å². The lowest BCUT2D eigenvalue weighted by molar-refractivity contribution is -0.133. The Labute approximate surface area is 152 Å². The first-order valence-corrected chi connectivity index (χ1v) is 8.81. The fourth-order valence-electron chi connectivity index (χ4n) is 3.52. The van der Waals surface area contributed by atoms with Crippen LogP contribution >= 0.6 is 0 Å². The number of rotatable bonds is 4. The number of hydrogen-bond acceptors (Lipinski definition) is 4. The Kier molecular flexibility index (Phi) is 4.58. The summed E-state index contributed by atoms with van der Waals surface area (Å²) in [6.45, 7) is 2.34. The molecule has 3 aromatic rings. The fraction of sp³-hybridized carbons (Fsp3) is 0.300. The second kappa shape index (κ2) is 7.17. The summed E-state index contributed by atoms with van der Waals surface area (Å²) in [6.07, 6.45) is 1.80. The summed E-state index contributed by atoms with van der Waals surface area (Å²) in [5, 5.41) is 8.90. The zero-order valence-corrected chi connectivity index (χ0v) is 14.8. The highest BCUT2D eigenvalue weighted by Gasteiger charge is 2.26. The van der Waals surface area contributed by atoms with Gasteiger partial charge >= 0.3 is 0 Å². The summed E-state index contributed by atoms with van der Waals surface area (Å²) < 4.78 is 7.25. The van der Waals surface area contributed by atoms with Crippen molar-refractivity contribution in [3.8, 4) is 5.75 Å². The molecule has 2 aromatic carbocycles. The van der Waals surface area contributed by atoms with E-state index in [1.165, 1.54) is 0 Å². The number of para-hydroxylation sites is 2. The molecule has 1 fully saturated rings. The molecule has 26 heavy (non-hydrogen) atoms. The Morgan fingerprint density at radius 2 is 2.04 bits per heavy atom. The Morgan fingerprint density at radius 1 is 1.23 bits per heavy atom. The number of nitrogens with one attached hydrogen (secondary N) is 1. The van der Waals surface area contributed by atoms with E-state index >= 15 is 0 Å². The van der Waals surface area contributed by atoms with Gasteiger partial charge in [-0.1, -0.05) is 36.4 Å². The molecule has 0 saturated carbocycles. The van der Waals surface area contributed by atoms with E-state index in [2.05, 4.69) is 10.4 Å². The van der Waals surface area contributed by atoms with Gasteiger partial charge in [0.15, 0.2) is 0 Å². The van der Waals surface area contributed by atoms with Gasteiger partial charge in [-0.15, -0.1) is 0 Å². The molecule has 0 spiro atoms. The van der Waals surface area contributed by atoms with Gasteiger partial charge in [0.25, 0.3) is 0 Å². The maximum Gasteiger partial charge on any atom is 0.244 e. The molecule has 6 nitrogen and oxygen atoms in total. The van der Waals surface area contributed by atoms with Gasteiger partial charge in [0.2, 0.25) is 5.91 Å². The second-order valence-corrected chi connectivity index (χ2v) is 6.45. The van der Waals surface area contributed by atoms with Crippen molar-refractivity contribution in [2.75, 3.05) is 26.7 Å². The number of hydrogen-bond donors (Lipinski definition) is 1. The molecule has 1 aromatic heterocycles. The second-order valence-electron chi connectivity index (χ2n) is 6.45. The van der Waals surface area contributed by atoms with Crippen LogP contribution in [0.4, 0.5) is 0 Å². The molecule has 1 atom stereocenters. The first-order valence-electron chi connectivity index (χ1n) is 8.81. The van der Waals surface area contributed by atoms with Crippen molar-refractivity contribution in [1.29, 1.82) is 0 Å². The Bertz CT molecular complexity index is 921. The molecule has 1 aliphatic heterocycles. The standard InChI is InChI=1S/C20H22N4O2/c1-26-19-9-5-3-7-16(19)17-13-23(11-10-21-17)20(25)14-24-18-8-4-2-6-15(18)12-22-24/h2-9,12,17,21H,10-11,13-14H2,1H3. The molecule has 1 aliphatic rings. The van der Waals surface area contributed by atoms with Gasteiger partial charge in [-0.05, 0) is 12.1 Å². The summed E-state index contributed by atoms with van der Waals surface area (Å²) in [5.74, 6) is 0.928. The smallest absolute Gasteiger partial charge is 0.244 e. The number of piperazine rings is 1. The molecule has 6 heteroatoms. The van der Waals surface area contributed by atoms with E-state index in [1.54, 1.807) is 18.0 Å². The molecule has 0 aliphatic carbocycles. The maximum absolute atomic E-state index is 12.8. The first kappa shape index (κ1) is 16.6. The Balaban J connectivity index is 1.50. The van der Waals surface area contributed by atoms with Gasteiger partial charge in [-0.25, -0.2) is 0 Å². The van der Waals surface area contributed by atoms with Gasteiger partial charge in [0.05, 0.1) is 24.9 Å². The van der Waals surface area contributed by atoms with Crippen molar-refractivity contribution in [3.63, 3.8) is 0 Å². The monoisotopic (exact) mass is 350 g/mol. The topological polar surface area (TPSA) is 59.4 Å². The number of carbonyl (C=O) groups excluding carboxylic acids is 1. The average Bonchev–Trinajstić information content (AvgIpc) is 3.11. The van der Waals surface area contributed by atoms with Crippen LogP contribution in [0.15, 0.2) is 54.7 Å². The molecular formula is C20H22N4O2. The molecule has 2 heterocycles. The van der Waals surface area contributed by atoms with Gasteiger partial charge in [-0.2, -0.15) is 5.10 Å². The van der Waals surface area contributed by atoms with E-state index < -0.39 is 0 Å². The van der Waals surface area contributed by atoms with Gasteiger partial charge in [0.1, 0.15) is 12.3 Å². The fourth-order valence-corrected chi connectivity index (χ4v) is 3.52. The normalized spacial score (nSPS) is 17.4. The highest BCUT2D eigenvalue weighted by Crippen LogP contribution is 2.27. The summed E-state index contributed by atoms with van der Waals surface area (Å²) in [7, 11) is 1.67. The number of benzene rings is 2. The minimum atomic E-state index is 0.0678. The average molecular weight is 350 g/mol. The molecule has 1 saturated heterocycles. The van der Waals surface area contributed by atoms with Crippen molar-refractivity contribution < 1.29 is 9.53 Å². The first-order chi connectivity index (χ1) is 12.8. The number of methoxy groups -OCH3 is 1. The van der Waals surface area contributed by atoms with Crippen molar-refractivity contribution in [2.24, 2.45) is 0 Å². The minimum Gasteiger partial charge on any atom is -0.496 e. The van der Waals surface area contributed by atoms with Crippen molar-refractivity contribution in [1.82, 2.24) is 20.0 Å². The van der Waals surface area contributed by atoms with Crippen molar-refractivity contribution >= 4 is 16.8 Å². The van der Waals surface area contributed by atoms with Gasteiger partial charge in [0, 0.05) is 30.6 Å². The van der Waals surface area contributed by atoms with Crippen LogP contribution in [0, 0.1) is 0 Å². The zero-order chi connectivity index (χ0) is 17.9. The van der Waals surface area contributed by atoms with E-state index in [1.807, 2.05) is 53.4 Å². The molecule has 4 rings (SSSR count). The summed E-state index contributed by atoms with van der Waals surface area (Å²) in [6, 6.07) is 16.0. The quantitative estimate of drug-likeness (QED) is 0.784. The van der Waals surface area contributed by atoms with Crippen LogP contribution in [0.5, 0.6) is 5.75 Å². The number of carbonyl (C=O) groups is 1. The van der Waals surface area contributed by atoms with E-state index in [0.29, 0.717) is 13.1 Å². The minimum absolute atomic E-state index is 0.0678. The number of nitrogens with zero attached hydrogens (tertiary/aromatic N) is 3. The number of fused-ring (bicyclic) bond motifs is 1. The zero-order valence-electron chi connectivity index (χ0n) is 14.8. The van der Waals surface area contributed by atoms with Crippen LogP contribution < -0.4 is 10.1 Å². The van der Waals surface area contributed by atoms with Gasteiger partial charge < -0.3 is 15.0 Å². The molecule has 0 bridgehead atoms. The molecular weight excluding hydrogens is 328 g/mol. The van der Waals surface area contributed by atoms with Crippen LogP contribution in [0.3, 0.4) is 0 Å². The van der Waals surface area contributed by atoms with Crippen molar-refractivity contribution in [3.05, 3.63) is 60.3 Å². The molecule has 1 unspecified atom stereocenters. The number of ether oxygens (including phenoxy) is 1. The van der Waals surface area contributed by atoms with Crippen LogP contribution in [0.1, 0.15) is 11.6 Å². The maximum atomic E-state index is 12.8. The number of aromatic nitrogens is 2. The molecule has 1 N–H and O–H groups in total. The van der Waals surface area contributed by atoms with E-state index in [9.17, 15) is 4.79 Å². The van der Waals surface area contributed by atoms with E-state index in [0.717, 1.165) is 28.8 Å². The lowest BCUT2D eigenvalue weighted by atomic mass is 10.0. The third-order valence-corrected chi connectivity index (χ3v) is 4.88. The highest BCUT2D eigenvalue weighted by molar-refractivity contribution is 5.82. The molecule has 134 valence electrons. The van der Waals surface area contributed by atoms with Gasteiger partial charge in [-0.3, -0.25) is 9.48 Å². The molecule has 0 radical (unpaired) electrons. The molecule has 1 amide bonds. The van der Waals surface area contributed by atoms with Crippen LogP contribution in [0.25, 0.3) is 10.9 Å². The third-order valence-electron chi connectivity index (χ3n) is 4.88. The third kappa shape index (κ3) is 3.15. The van der Waals surface area contributed by atoms with Crippen LogP contribution in [-0.4, -0.2) is 47.3 Å². The summed E-state index contributed by atoms with van der Waals surface area (Å²) >= 11 is 0. The van der Waals surface area contributed by atoms with Crippen LogP contribution in [-0.2, 0) is 11.3 Å². The Morgan fingerprint density at radius 3 is 2.92 bits per heavy atom. The predicted octanol–water partition coefficient (Wildman–Crippen LogP) is 2.22. The number of amides is 1. The van der Waals surface area contributed by atoms with Crippen molar-refractivity contribution in [2.45, 2.75) is 12.6 Å². The highest BCUT2D eigenvalue weighted by atomic mass is 16.5. The largest absolute Gasteiger partial charge is 0.496 e. The Hall–Kier alpha value is -2.86. The predicted molar refractivity (Wildman–Crippen MR) is 100 cm³/mol. The van der Waals surface area contributed by atoms with Crippen LogP contribution in [0.2, 0.25) is 0 Å². The van der Waals surface area contributed by atoms with E-state index in [-0.39, 0.29) is 18.5 Å². The summed E-state index contributed by atoms with van der Waals surface area (Å²) in [4.78, 5) is 14.8. The SMILES string of the molecule is COc1ccccc1C1CN(C(=O)Cn2ncc3ccccc32)CCN1. The summed E-state index contributed by atoms with van der Waals surface area (Å²) in [5.41, 5.74) is 2.06. The lowest BCUT2D eigenvalue weighted by Gasteiger charge is -2.34. The lowest BCUT2D eigenvalue weighted by Crippen LogP contribution is -2.49.